The number of hydrogen-bond donors (Lipinski definition) is 1. The molecule has 0 amide bonds. The minimum atomic E-state index is -0.106. The SMILES string of the molecule is COc1cnc(/C(Cl)=N/O)cn1. The molecule has 0 saturated carbocycles. The van der Waals surface area contributed by atoms with Crippen LogP contribution in [0.1, 0.15) is 5.69 Å². The molecule has 0 aliphatic rings. The Hall–Kier alpha value is -1.36. The van der Waals surface area contributed by atoms with Crippen molar-refractivity contribution in [1.29, 1.82) is 0 Å². The fourth-order valence-corrected chi connectivity index (χ4v) is 0.677. The van der Waals surface area contributed by atoms with Crippen LogP contribution >= 0.6 is 11.6 Å². The molecule has 0 fully saturated rings. The molecule has 12 heavy (non-hydrogen) atoms. The van der Waals surface area contributed by atoms with Crippen LogP contribution in [0.2, 0.25) is 0 Å². The van der Waals surface area contributed by atoms with Gasteiger partial charge in [0.25, 0.3) is 0 Å². The molecule has 1 N–H and O–H groups in total. The average molecular weight is 188 g/mol. The number of oxime groups is 1. The second-order valence-electron chi connectivity index (χ2n) is 1.83. The molecule has 0 aliphatic heterocycles. The van der Waals surface area contributed by atoms with E-state index in [1.54, 1.807) is 0 Å². The van der Waals surface area contributed by atoms with E-state index >= 15 is 0 Å². The molecule has 1 aromatic rings. The van der Waals surface area contributed by atoms with Crippen LogP contribution in [0.5, 0.6) is 5.88 Å². The number of aromatic nitrogens is 2. The number of halogens is 1. The van der Waals surface area contributed by atoms with Crippen LogP contribution in [-0.2, 0) is 0 Å². The van der Waals surface area contributed by atoms with Crippen molar-refractivity contribution in [2.24, 2.45) is 5.16 Å². The summed E-state index contributed by atoms with van der Waals surface area (Å²) in [6.45, 7) is 0. The van der Waals surface area contributed by atoms with Gasteiger partial charge in [-0.3, -0.25) is 0 Å². The monoisotopic (exact) mass is 187 g/mol. The molecule has 0 aliphatic carbocycles. The molecule has 0 aromatic carbocycles. The molecule has 1 rings (SSSR count). The Labute approximate surface area is 73.7 Å². The zero-order valence-corrected chi connectivity index (χ0v) is 6.99. The fourth-order valence-electron chi connectivity index (χ4n) is 0.579. The molecule has 0 bridgehead atoms. The van der Waals surface area contributed by atoms with E-state index in [1.807, 2.05) is 0 Å². The Morgan fingerprint density at radius 2 is 2.33 bits per heavy atom. The summed E-state index contributed by atoms with van der Waals surface area (Å²) in [6.07, 6.45) is 2.73. The lowest BCUT2D eigenvalue weighted by atomic mass is 10.5. The van der Waals surface area contributed by atoms with Crippen molar-refractivity contribution >= 4 is 16.8 Å². The van der Waals surface area contributed by atoms with E-state index in [0.29, 0.717) is 11.6 Å². The highest BCUT2D eigenvalue weighted by molar-refractivity contribution is 6.69. The second-order valence-corrected chi connectivity index (χ2v) is 2.19. The second kappa shape index (κ2) is 3.87. The predicted octanol–water partition coefficient (Wildman–Crippen LogP) is 0.860. The number of ether oxygens (including phenoxy) is 1. The molecule has 0 unspecified atom stereocenters. The first-order valence-electron chi connectivity index (χ1n) is 3.02. The Kier molecular flexibility index (Phi) is 2.82. The minimum Gasteiger partial charge on any atom is -0.480 e. The van der Waals surface area contributed by atoms with Gasteiger partial charge in [0, 0.05) is 0 Å². The van der Waals surface area contributed by atoms with E-state index in [9.17, 15) is 0 Å². The average Bonchev–Trinajstić information content (AvgIpc) is 2.17. The largest absolute Gasteiger partial charge is 0.480 e. The first-order chi connectivity index (χ1) is 5.77. The maximum absolute atomic E-state index is 8.27. The summed E-state index contributed by atoms with van der Waals surface area (Å²) < 4.78 is 4.76. The highest BCUT2D eigenvalue weighted by Gasteiger charge is 2.02. The van der Waals surface area contributed by atoms with Gasteiger partial charge in [-0.25, -0.2) is 9.97 Å². The number of hydrogen-bond acceptors (Lipinski definition) is 5. The predicted molar refractivity (Wildman–Crippen MR) is 42.8 cm³/mol. The molecule has 64 valence electrons. The van der Waals surface area contributed by atoms with Crippen LogP contribution in [-0.4, -0.2) is 27.5 Å². The van der Waals surface area contributed by atoms with Crippen molar-refractivity contribution < 1.29 is 9.94 Å². The van der Waals surface area contributed by atoms with Gasteiger partial charge in [-0.15, -0.1) is 0 Å². The normalized spacial score (nSPS) is 11.3. The summed E-state index contributed by atoms with van der Waals surface area (Å²) >= 11 is 5.44. The van der Waals surface area contributed by atoms with Crippen molar-refractivity contribution in [3.05, 3.63) is 18.1 Å². The number of rotatable bonds is 2. The Balaban J connectivity index is 2.92. The molecule has 0 atom stereocenters. The molecule has 0 saturated heterocycles. The van der Waals surface area contributed by atoms with Crippen LogP contribution in [0.25, 0.3) is 0 Å². The maximum Gasteiger partial charge on any atom is 0.232 e. The lowest BCUT2D eigenvalue weighted by Gasteiger charge is -1.97. The summed E-state index contributed by atoms with van der Waals surface area (Å²) in [6, 6.07) is 0. The van der Waals surface area contributed by atoms with E-state index in [1.165, 1.54) is 19.5 Å². The van der Waals surface area contributed by atoms with Crippen LogP contribution in [0.4, 0.5) is 0 Å². The van der Waals surface area contributed by atoms with Gasteiger partial charge in [0.05, 0.1) is 19.5 Å². The van der Waals surface area contributed by atoms with E-state index in [-0.39, 0.29) is 5.17 Å². The Morgan fingerprint density at radius 1 is 1.58 bits per heavy atom. The van der Waals surface area contributed by atoms with E-state index in [0.717, 1.165) is 0 Å². The Morgan fingerprint density at radius 3 is 2.75 bits per heavy atom. The van der Waals surface area contributed by atoms with Crippen LogP contribution in [0.3, 0.4) is 0 Å². The van der Waals surface area contributed by atoms with E-state index in [2.05, 4.69) is 15.1 Å². The first kappa shape index (κ1) is 8.73. The van der Waals surface area contributed by atoms with Gasteiger partial charge >= 0.3 is 0 Å². The van der Waals surface area contributed by atoms with Crippen LogP contribution in [0, 0.1) is 0 Å². The maximum atomic E-state index is 8.27. The topological polar surface area (TPSA) is 67.6 Å². The van der Waals surface area contributed by atoms with Gasteiger partial charge in [0.1, 0.15) is 5.69 Å². The summed E-state index contributed by atoms with van der Waals surface area (Å²) in [7, 11) is 1.48. The molecule has 0 radical (unpaired) electrons. The third kappa shape index (κ3) is 1.82. The van der Waals surface area contributed by atoms with Crippen molar-refractivity contribution in [3.8, 4) is 5.88 Å². The molecular formula is C6H6ClN3O2. The van der Waals surface area contributed by atoms with Gasteiger partial charge < -0.3 is 9.94 Å². The third-order valence-electron chi connectivity index (χ3n) is 1.14. The smallest absolute Gasteiger partial charge is 0.232 e. The quantitative estimate of drug-likeness (QED) is 0.424. The van der Waals surface area contributed by atoms with Crippen LogP contribution < -0.4 is 4.74 Å². The van der Waals surface area contributed by atoms with Gasteiger partial charge in [-0.1, -0.05) is 16.8 Å². The molecule has 1 aromatic heterocycles. The van der Waals surface area contributed by atoms with Crippen LogP contribution in [0.15, 0.2) is 17.5 Å². The lowest BCUT2D eigenvalue weighted by molar-refractivity contribution is 0.320. The summed E-state index contributed by atoms with van der Waals surface area (Å²) in [5.74, 6) is 0.376. The lowest BCUT2D eigenvalue weighted by Crippen LogP contribution is -1.97. The zero-order chi connectivity index (χ0) is 8.97. The zero-order valence-electron chi connectivity index (χ0n) is 6.23. The number of nitrogens with zero attached hydrogens (tertiary/aromatic N) is 3. The Bertz CT molecular complexity index is 285. The first-order valence-corrected chi connectivity index (χ1v) is 3.39. The fraction of sp³-hybridized carbons (Fsp3) is 0.167. The highest BCUT2D eigenvalue weighted by Crippen LogP contribution is 2.05. The molecule has 0 spiro atoms. The molecule has 5 nitrogen and oxygen atoms in total. The summed E-state index contributed by atoms with van der Waals surface area (Å²) in [4.78, 5) is 7.62. The standard InChI is InChI=1S/C6H6ClN3O2/c1-12-5-3-8-4(2-9-5)6(7)10-11/h2-3,11H,1H3/b10-6-. The highest BCUT2D eigenvalue weighted by atomic mass is 35.5. The minimum absolute atomic E-state index is 0.106. The molecule has 6 heteroatoms. The van der Waals surface area contributed by atoms with Gasteiger partial charge in [0.15, 0.2) is 5.17 Å². The van der Waals surface area contributed by atoms with Crippen molar-refractivity contribution in [1.82, 2.24) is 9.97 Å². The molecular weight excluding hydrogens is 182 g/mol. The van der Waals surface area contributed by atoms with Crippen molar-refractivity contribution in [3.63, 3.8) is 0 Å². The molecule has 1 heterocycles. The van der Waals surface area contributed by atoms with E-state index < -0.39 is 0 Å². The van der Waals surface area contributed by atoms with E-state index in [4.69, 9.17) is 21.5 Å². The van der Waals surface area contributed by atoms with Gasteiger partial charge in [0.2, 0.25) is 5.88 Å². The number of methoxy groups -OCH3 is 1. The van der Waals surface area contributed by atoms with Gasteiger partial charge in [-0.2, -0.15) is 0 Å². The van der Waals surface area contributed by atoms with Crippen molar-refractivity contribution in [2.45, 2.75) is 0 Å². The third-order valence-corrected chi connectivity index (χ3v) is 1.41. The van der Waals surface area contributed by atoms with Crippen molar-refractivity contribution in [2.75, 3.05) is 7.11 Å². The summed E-state index contributed by atoms with van der Waals surface area (Å²) in [5.41, 5.74) is 0.292. The van der Waals surface area contributed by atoms with Gasteiger partial charge in [-0.05, 0) is 0 Å². The summed E-state index contributed by atoms with van der Waals surface area (Å²) in [5, 5.41) is 10.9.